The van der Waals surface area contributed by atoms with Gasteiger partial charge in [0.2, 0.25) is 10.0 Å². The molecule has 0 aliphatic heterocycles. The Kier molecular flexibility index (Phi) is 2.86. The van der Waals surface area contributed by atoms with Gasteiger partial charge in [0.1, 0.15) is 0 Å². The lowest BCUT2D eigenvalue weighted by molar-refractivity contribution is 0.425. The van der Waals surface area contributed by atoms with E-state index in [1.54, 1.807) is 0 Å². The second kappa shape index (κ2) is 3.45. The van der Waals surface area contributed by atoms with Gasteiger partial charge in [0.15, 0.2) is 0 Å². The molecule has 0 atom stereocenters. The molecule has 5 nitrogen and oxygen atoms in total. The van der Waals surface area contributed by atoms with Crippen LogP contribution in [0.2, 0.25) is 0 Å². The van der Waals surface area contributed by atoms with E-state index in [1.807, 2.05) is 0 Å². The van der Waals surface area contributed by atoms with E-state index in [0.717, 1.165) is 16.4 Å². The van der Waals surface area contributed by atoms with E-state index in [9.17, 15) is 8.42 Å². The minimum atomic E-state index is -3.37. The molecular formula is C5H7BBrNO4S. The smallest absolute Gasteiger partial charge is 0.423 e. The van der Waals surface area contributed by atoms with Crippen molar-refractivity contribution < 1.29 is 18.5 Å². The van der Waals surface area contributed by atoms with Crippen LogP contribution in [0.3, 0.4) is 0 Å². The van der Waals surface area contributed by atoms with Crippen LogP contribution < -0.4 is 5.46 Å². The Morgan fingerprint density at radius 1 is 1.46 bits per heavy atom. The highest BCUT2D eigenvalue weighted by Crippen LogP contribution is 2.09. The summed E-state index contributed by atoms with van der Waals surface area (Å²) in [5.41, 5.74) is 0.116. The molecule has 1 rings (SSSR count). The average molecular weight is 268 g/mol. The van der Waals surface area contributed by atoms with Crippen molar-refractivity contribution >= 4 is 38.5 Å². The van der Waals surface area contributed by atoms with Gasteiger partial charge in [-0.2, -0.15) is 0 Å². The summed E-state index contributed by atoms with van der Waals surface area (Å²) in [6.07, 6.45) is 3.42. The molecule has 1 aromatic heterocycles. The summed E-state index contributed by atoms with van der Waals surface area (Å²) >= 11 is 3.00. The molecule has 0 unspecified atom stereocenters. The number of aromatic nitrogens is 1. The normalized spacial score (nSPS) is 11.7. The van der Waals surface area contributed by atoms with Gasteiger partial charge in [-0.3, -0.25) is 3.97 Å². The third kappa shape index (κ3) is 2.34. The minimum Gasteiger partial charge on any atom is -0.423 e. The van der Waals surface area contributed by atoms with E-state index < -0.39 is 17.1 Å². The van der Waals surface area contributed by atoms with Crippen molar-refractivity contribution in [3.8, 4) is 0 Å². The maximum Gasteiger partial charge on any atom is 0.491 e. The van der Waals surface area contributed by atoms with Crippen molar-refractivity contribution in [2.24, 2.45) is 0 Å². The van der Waals surface area contributed by atoms with Crippen LogP contribution in [0.15, 0.2) is 16.9 Å². The Bertz CT molecular complexity index is 412. The van der Waals surface area contributed by atoms with E-state index >= 15 is 0 Å². The number of rotatable bonds is 2. The minimum absolute atomic E-state index is 0.116. The summed E-state index contributed by atoms with van der Waals surface area (Å²) in [5, 5.41) is 17.6. The molecule has 0 aliphatic rings. The van der Waals surface area contributed by atoms with E-state index in [-0.39, 0.29) is 5.46 Å². The molecule has 72 valence electrons. The highest BCUT2D eigenvalue weighted by atomic mass is 79.9. The molecule has 0 fully saturated rings. The summed E-state index contributed by atoms with van der Waals surface area (Å²) in [4.78, 5) is 0. The first-order chi connectivity index (χ1) is 5.82. The fourth-order valence-electron chi connectivity index (χ4n) is 0.804. The van der Waals surface area contributed by atoms with Crippen LogP contribution in [0.4, 0.5) is 0 Å². The van der Waals surface area contributed by atoms with Crippen molar-refractivity contribution in [1.29, 1.82) is 0 Å². The fraction of sp³-hybridized carbons (Fsp3) is 0.200. The fourth-order valence-corrected chi connectivity index (χ4v) is 2.07. The summed E-state index contributed by atoms with van der Waals surface area (Å²) in [5.74, 6) is 0. The second-order valence-corrected chi connectivity index (χ2v) is 5.27. The van der Waals surface area contributed by atoms with Crippen LogP contribution in [0.1, 0.15) is 0 Å². The van der Waals surface area contributed by atoms with Gasteiger partial charge in [-0.1, -0.05) is 0 Å². The van der Waals surface area contributed by atoms with Crippen molar-refractivity contribution in [2.45, 2.75) is 0 Å². The molecule has 0 aliphatic carbocycles. The van der Waals surface area contributed by atoms with E-state index in [0.29, 0.717) is 4.47 Å². The summed E-state index contributed by atoms with van der Waals surface area (Å²) in [7, 11) is -5.06. The van der Waals surface area contributed by atoms with E-state index in [1.165, 1.54) is 6.20 Å². The molecule has 0 saturated heterocycles. The lowest BCUT2D eigenvalue weighted by atomic mass is 9.83. The monoisotopic (exact) mass is 267 g/mol. The maximum atomic E-state index is 11.0. The molecule has 1 aromatic rings. The number of halogens is 1. The largest absolute Gasteiger partial charge is 0.491 e. The van der Waals surface area contributed by atoms with Crippen LogP contribution in [0, 0.1) is 0 Å². The number of hydrogen-bond acceptors (Lipinski definition) is 4. The van der Waals surface area contributed by atoms with Gasteiger partial charge < -0.3 is 10.0 Å². The highest BCUT2D eigenvalue weighted by molar-refractivity contribution is 9.10. The van der Waals surface area contributed by atoms with Gasteiger partial charge in [0, 0.05) is 22.3 Å². The highest BCUT2D eigenvalue weighted by Gasteiger charge is 2.19. The maximum absolute atomic E-state index is 11.0. The molecule has 1 heterocycles. The zero-order valence-electron chi connectivity index (χ0n) is 6.68. The first-order valence-corrected chi connectivity index (χ1v) is 5.90. The molecule has 8 heteroatoms. The zero-order valence-corrected chi connectivity index (χ0v) is 9.08. The Morgan fingerprint density at radius 3 is 2.23 bits per heavy atom. The van der Waals surface area contributed by atoms with Crippen molar-refractivity contribution in [3.63, 3.8) is 0 Å². The Hall–Kier alpha value is -0.305. The van der Waals surface area contributed by atoms with Gasteiger partial charge in [-0.25, -0.2) is 8.42 Å². The Labute approximate surface area is 84.3 Å². The third-order valence-electron chi connectivity index (χ3n) is 1.44. The van der Waals surface area contributed by atoms with Crippen LogP contribution >= 0.6 is 15.9 Å². The van der Waals surface area contributed by atoms with Crippen LogP contribution in [0.5, 0.6) is 0 Å². The van der Waals surface area contributed by atoms with Crippen LogP contribution in [0.25, 0.3) is 0 Å². The zero-order chi connectivity index (χ0) is 10.2. The molecule has 2 N–H and O–H groups in total. The number of hydrogen-bond donors (Lipinski definition) is 2. The van der Waals surface area contributed by atoms with Crippen molar-refractivity contribution in [3.05, 3.63) is 16.9 Å². The van der Waals surface area contributed by atoms with Gasteiger partial charge in [0.25, 0.3) is 0 Å². The van der Waals surface area contributed by atoms with Gasteiger partial charge in [-0.05, 0) is 15.9 Å². The average Bonchev–Trinajstić information content (AvgIpc) is 2.29. The standard InChI is InChI=1S/C5H7BBrNO4S/c1-13(11,12)8-2-4(6(9)10)5(7)3-8/h2-3,9-10H,1H3. The van der Waals surface area contributed by atoms with Crippen molar-refractivity contribution in [1.82, 2.24) is 3.97 Å². The first kappa shape index (κ1) is 10.8. The molecule has 0 radical (unpaired) electrons. The molecular weight excluding hydrogens is 261 g/mol. The molecule has 0 aromatic carbocycles. The SMILES string of the molecule is CS(=O)(=O)n1cc(Br)c(B(O)O)c1. The Balaban J connectivity index is 3.25. The van der Waals surface area contributed by atoms with Gasteiger partial charge in [-0.15, -0.1) is 0 Å². The predicted octanol–water partition coefficient (Wildman–Crippen LogP) is -1.26. The lowest BCUT2D eigenvalue weighted by Crippen LogP contribution is -2.29. The van der Waals surface area contributed by atoms with Crippen LogP contribution in [-0.4, -0.2) is 35.8 Å². The molecule has 0 saturated carbocycles. The topological polar surface area (TPSA) is 79.5 Å². The molecule has 0 amide bonds. The van der Waals surface area contributed by atoms with Crippen LogP contribution in [-0.2, 0) is 10.0 Å². The summed E-state index contributed by atoms with van der Waals surface area (Å²) in [6.45, 7) is 0. The first-order valence-electron chi connectivity index (χ1n) is 3.26. The second-order valence-electron chi connectivity index (χ2n) is 2.53. The summed E-state index contributed by atoms with van der Waals surface area (Å²) in [6, 6.07) is 0. The lowest BCUT2D eigenvalue weighted by Gasteiger charge is -1.96. The molecule has 13 heavy (non-hydrogen) atoms. The molecule has 0 bridgehead atoms. The molecule has 0 spiro atoms. The van der Waals surface area contributed by atoms with Gasteiger partial charge >= 0.3 is 7.12 Å². The van der Waals surface area contributed by atoms with E-state index in [2.05, 4.69) is 15.9 Å². The predicted molar refractivity (Wildman–Crippen MR) is 52.2 cm³/mol. The number of nitrogens with zero attached hydrogens (tertiary/aromatic N) is 1. The van der Waals surface area contributed by atoms with Gasteiger partial charge in [0.05, 0.1) is 6.26 Å². The Morgan fingerprint density at radius 2 is 2.00 bits per heavy atom. The summed E-state index contributed by atoms with van der Waals surface area (Å²) < 4.78 is 23.2. The van der Waals surface area contributed by atoms with Crippen molar-refractivity contribution in [2.75, 3.05) is 6.26 Å². The third-order valence-corrected chi connectivity index (χ3v) is 3.08. The quantitative estimate of drug-likeness (QED) is 0.656. The van der Waals surface area contributed by atoms with E-state index in [4.69, 9.17) is 10.0 Å².